The van der Waals surface area contributed by atoms with Crippen LogP contribution in [0.2, 0.25) is 5.02 Å². The Bertz CT molecular complexity index is 736. The molecule has 1 saturated heterocycles. The number of carbonyl (C=O) groups excluding carboxylic acids is 1. The molecule has 2 aromatic carbocycles. The van der Waals surface area contributed by atoms with Gasteiger partial charge in [-0.15, -0.1) is 11.8 Å². The Labute approximate surface area is 151 Å². The smallest absolute Gasteiger partial charge is 0.323 e. The third kappa shape index (κ3) is 3.62. The van der Waals surface area contributed by atoms with Gasteiger partial charge in [0.05, 0.1) is 7.11 Å². The number of hydrogen-bond acceptors (Lipinski definition) is 3. The molecule has 1 aliphatic heterocycles. The van der Waals surface area contributed by atoms with Gasteiger partial charge in [-0.1, -0.05) is 23.7 Å². The maximum Gasteiger partial charge on any atom is 0.323 e. The van der Waals surface area contributed by atoms with Gasteiger partial charge in [-0.3, -0.25) is 0 Å². The average molecular weight is 363 g/mol. The summed E-state index contributed by atoms with van der Waals surface area (Å²) in [6, 6.07) is 13.2. The van der Waals surface area contributed by atoms with E-state index in [2.05, 4.69) is 5.32 Å². The van der Waals surface area contributed by atoms with Gasteiger partial charge in [-0.05, 0) is 48.4 Å². The molecule has 1 fully saturated rings. The molecular weight excluding hydrogens is 344 g/mol. The first-order chi connectivity index (χ1) is 11.6. The number of nitrogens with zero attached hydrogens (tertiary/aromatic N) is 1. The largest absolute Gasteiger partial charge is 0.497 e. The number of hydrogen-bond donors (Lipinski definition) is 1. The van der Waals surface area contributed by atoms with Gasteiger partial charge >= 0.3 is 6.03 Å². The highest BCUT2D eigenvalue weighted by Gasteiger charge is 2.30. The summed E-state index contributed by atoms with van der Waals surface area (Å²) in [4.78, 5) is 14.6. The van der Waals surface area contributed by atoms with Crippen LogP contribution in [0, 0.1) is 6.92 Å². The summed E-state index contributed by atoms with van der Waals surface area (Å²) < 4.78 is 5.20. The second-order valence-electron chi connectivity index (χ2n) is 5.58. The van der Waals surface area contributed by atoms with E-state index in [9.17, 15) is 4.79 Å². The standard InChI is InChI=1S/C18H19ClN2O2S/c1-12-11-15(23-2)7-8-16(12)20-18(22)21-9-10-24-17(21)13-3-5-14(19)6-4-13/h3-8,11,17H,9-10H2,1-2H3,(H,20,22). The average Bonchev–Trinajstić information content (AvgIpc) is 3.07. The molecule has 0 aliphatic carbocycles. The van der Waals surface area contributed by atoms with E-state index >= 15 is 0 Å². The van der Waals surface area contributed by atoms with Gasteiger partial charge in [0.1, 0.15) is 11.1 Å². The Balaban J connectivity index is 1.75. The zero-order chi connectivity index (χ0) is 17.1. The second kappa shape index (κ2) is 7.36. The quantitative estimate of drug-likeness (QED) is 0.841. The summed E-state index contributed by atoms with van der Waals surface area (Å²) >= 11 is 7.72. The van der Waals surface area contributed by atoms with Crippen LogP contribution < -0.4 is 10.1 Å². The maximum atomic E-state index is 12.7. The first-order valence-electron chi connectivity index (χ1n) is 7.68. The maximum absolute atomic E-state index is 12.7. The summed E-state index contributed by atoms with van der Waals surface area (Å²) in [6.45, 7) is 2.67. The van der Waals surface area contributed by atoms with Crippen molar-refractivity contribution in [3.8, 4) is 5.75 Å². The van der Waals surface area contributed by atoms with Gasteiger partial charge in [0.15, 0.2) is 0 Å². The van der Waals surface area contributed by atoms with Crippen LogP contribution in [0.15, 0.2) is 42.5 Å². The molecule has 0 saturated carbocycles. The van der Waals surface area contributed by atoms with E-state index in [1.807, 2.05) is 54.3 Å². The predicted molar refractivity (Wildman–Crippen MR) is 100 cm³/mol. The van der Waals surface area contributed by atoms with E-state index in [4.69, 9.17) is 16.3 Å². The van der Waals surface area contributed by atoms with Crippen LogP contribution in [0.4, 0.5) is 10.5 Å². The van der Waals surface area contributed by atoms with Crippen molar-refractivity contribution in [2.45, 2.75) is 12.3 Å². The van der Waals surface area contributed by atoms with Crippen molar-refractivity contribution < 1.29 is 9.53 Å². The molecule has 3 rings (SSSR count). The minimum absolute atomic E-state index is 0.0146. The number of benzene rings is 2. The second-order valence-corrected chi connectivity index (χ2v) is 7.20. The SMILES string of the molecule is COc1ccc(NC(=O)N2CCSC2c2ccc(Cl)cc2)c(C)c1. The fourth-order valence-corrected chi connectivity index (χ4v) is 4.05. The number of urea groups is 1. The van der Waals surface area contributed by atoms with Gasteiger partial charge in [0.2, 0.25) is 0 Å². The third-order valence-electron chi connectivity index (χ3n) is 3.98. The van der Waals surface area contributed by atoms with Crippen molar-refractivity contribution in [1.82, 2.24) is 4.90 Å². The molecule has 6 heteroatoms. The summed E-state index contributed by atoms with van der Waals surface area (Å²) in [5.41, 5.74) is 2.86. The van der Waals surface area contributed by atoms with Crippen molar-refractivity contribution >= 4 is 35.1 Å². The summed E-state index contributed by atoms with van der Waals surface area (Å²) in [5, 5.41) is 3.72. The lowest BCUT2D eigenvalue weighted by Gasteiger charge is -2.25. The number of carbonyl (C=O) groups is 1. The summed E-state index contributed by atoms with van der Waals surface area (Å²) in [7, 11) is 1.63. The zero-order valence-corrected chi connectivity index (χ0v) is 15.2. The highest BCUT2D eigenvalue weighted by atomic mass is 35.5. The number of aryl methyl sites for hydroxylation is 1. The number of nitrogens with one attached hydrogen (secondary N) is 1. The highest BCUT2D eigenvalue weighted by molar-refractivity contribution is 7.99. The Morgan fingerprint density at radius 3 is 2.71 bits per heavy atom. The van der Waals surface area contributed by atoms with Crippen LogP contribution in [0.1, 0.15) is 16.5 Å². The van der Waals surface area contributed by atoms with Crippen LogP contribution in [-0.2, 0) is 0 Å². The Hall–Kier alpha value is -1.85. The van der Waals surface area contributed by atoms with E-state index in [0.29, 0.717) is 5.02 Å². The van der Waals surface area contributed by atoms with Crippen LogP contribution in [0.25, 0.3) is 0 Å². The minimum atomic E-state index is -0.0896. The Morgan fingerprint density at radius 2 is 2.04 bits per heavy atom. The van der Waals surface area contributed by atoms with Crippen molar-refractivity contribution in [3.05, 3.63) is 58.6 Å². The summed E-state index contributed by atoms with van der Waals surface area (Å²) in [6.07, 6.45) is 0. The molecule has 1 atom stereocenters. The highest BCUT2D eigenvalue weighted by Crippen LogP contribution is 2.38. The Kier molecular flexibility index (Phi) is 5.21. The normalized spacial score (nSPS) is 17.0. The number of amides is 2. The first kappa shape index (κ1) is 17.0. The fourth-order valence-electron chi connectivity index (χ4n) is 2.67. The fraction of sp³-hybridized carbons (Fsp3) is 0.278. The number of methoxy groups -OCH3 is 1. The van der Waals surface area contributed by atoms with Crippen molar-refractivity contribution in [1.29, 1.82) is 0 Å². The predicted octanol–water partition coefficient (Wildman–Crippen LogP) is 4.94. The molecule has 0 bridgehead atoms. The monoisotopic (exact) mass is 362 g/mol. The van der Waals surface area contributed by atoms with Crippen LogP contribution in [0.3, 0.4) is 0 Å². The Morgan fingerprint density at radius 1 is 1.29 bits per heavy atom. The number of halogens is 1. The molecule has 1 heterocycles. The molecule has 0 spiro atoms. The molecular formula is C18H19ClN2O2S. The van der Waals surface area contributed by atoms with Gasteiger partial charge in [-0.25, -0.2) is 4.79 Å². The number of rotatable bonds is 3. The number of ether oxygens (including phenoxy) is 1. The lowest BCUT2D eigenvalue weighted by Crippen LogP contribution is -2.34. The zero-order valence-electron chi connectivity index (χ0n) is 13.6. The molecule has 126 valence electrons. The third-order valence-corrected chi connectivity index (χ3v) is 5.49. The van der Waals surface area contributed by atoms with Crippen molar-refractivity contribution in [2.75, 3.05) is 24.7 Å². The lowest BCUT2D eigenvalue weighted by atomic mass is 10.2. The van der Waals surface area contributed by atoms with Gasteiger partial charge in [0.25, 0.3) is 0 Å². The van der Waals surface area contributed by atoms with Crippen LogP contribution in [-0.4, -0.2) is 30.3 Å². The van der Waals surface area contributed by atoms with E-state index < -0.39 is 0 Å². The lowest BCUT2D eigenvalue weighted by molar-refractivity contribution is 0.214. The molecule has 2 aromatic rings. The topological polar surface area (TPSA) is 41.6 Å². The minimum Gasteiger partial charge on any atom is -0.497 e. The molecule has 1 N–H and O–H groups in total. The molecule has 1 unspecified atom stereocenters. The summed E-state index contributed by atoms with van der Waals surface area (Å²) in [5.74, 6) is 1.70. The van der Waals surface area contributed by atoms with Crippen LogP contribution >= 0.6 is 23.4 Å². The number of anilines is 1. The molecule has 1 aliphatic rings. The van der Waals surface area contributed by atoms with Gasteiger partial charge in [-0.2, -0.15) is 0 Å². The molecule has 4 nitrogen and oxygen atoms in total. The molecule has 2 amide bonds. The van der Waals surface area contributed by atoms with E-state index in [1.54, 1.807) is 18.9 Å². The van der Waals surface area contributed by atoms with Crippen molar-refractivity contribution in [2.24, 2.45) is 0 Å². The van der Waals surface area contributed by atoms with Gasteiger partial charge < -0.3 is 15.0 Å². The van der Waals surface area contributed by atoms with E-state index in [-0.39, 0.29) is 11.4 Å². The number of thioether (sulfide) groups is 1. The molecule has 0 radical (unpaired) electrons. The van der Waals surface area contributed by atoms with E-state index in [0.717, 1.165) is 34.9 Å². The van der Waals surface area contributed by atoms with Gasteiger partial charge in [0, 0.05) is 23.0 Å². The van der Waals surface area contributed by atoms with E-state index in [1.165, 1.54) is 0 Å². The first-order valence-corrected chi connectivity index (χ1v) is 9.10. The molecule has 0 aromatic heterocycles. The van der Waals surface area contributed by atoms with Crippen molar-refractivity contribution in [3.63, 3.8) is 0 Å². The molecule has 24 heavy (non-hydrogen) atoms. The van der Waals surface area contributed by atoms with Crippen LogP contribution in [0.5, 0.6) is 5.75 Å².